The van der Waals surface area contributed by atoms with Crippen molar-refractivity contribution in [3.05, 3.63) is 53.9 Å². The molecule has 28 heavy (non-hydrogen) atoms. The van der Waals surface area contributed by atoms with Gasteiger partial charge in [0.15, 0.2) is 11.5 Å². The maximum Gasteiger partial charge on any atom is 0.162 e. The van der Waals surface area contributed by atoms with E-state index >= 15 is 0 Å². The number of rotatable bonds is 5. The Morgan fingerprint density at radius 3 is 2.25 bits per heavy atom. The smallest absolute Gasteiger partial charge is 0.162 e. The fraction of sp³-hybridized carbons (Fsp3) is 0.364. The zero-order valence-corrected chi connectivity index (χ0v) is 16.7. The van der Waals surface area contributed by atoms with E-state index in [0.29, 0.717) is 11.5 Å². The zero-order chi connectivity index (χ0) is 19.5. The van der Waals surface area contributed by atoms with Gasteiger partial charge in [0.05, 0.1) is 19.7 Å². The molecule has 4 rings (SSSR count). The van der Waals surface area contributed by atoms with Gasteiger partial charge in [0.25, 0.3) is 0 Å². The number of methoxy groups -OCH3 is 2. The predicted molar refractivity (Wildman–Crippen MR) is 111 cm³/mol. The summed E-state index contributed by atoms with van der Waals surface area (Å²) in [4.78, 5) is 13.8. The van der Waals surface area contributed by atoms with Gasteiger partial charge in [-0.2, -0.15) is 0 Å². The first-order valence-electron chi connectivity index (χ1n) is 9.57. The molecular weight excluding hydrogens is 352 g/mol. The first-order valence-corrected chi connectivity index (χ1v) is 9.57. The Hall–Kier alpha value is -2.86. The third-order valence-electron chi connectivity index (χ3n) is 5.32. The Labute approximate surface area is 165 Å². The first kappa shape index (κ1) is 18.5. The average Bonchev–Trinajstić information content (AvgIpc) is 2.74. The van der Waals surface area contributed by atoms with E-state index in [0.717, 1.165) is 49.4 Å². The average molecular weight is 378 g/mol. The molecule has 6 heteroatoms. The topological polar surface area (TPSA) is 50.7 Å². The molecule has 1 aromatic heterocycles. The van der Waals surface area contributed by atoms with Gasteiger partial charge in [0, 0.05) is 44.2 Å². The van der Waals surface area contributed by atoms with Gasteiger partial charge in [-0.1, -0.05) is 29.8 Å². The number of aryl methyl sites for hydroxylation is 1. The predicted octanol–water partition coefficient (Wildman–Crippen LogP) is 3.28. The third-order valence-corrected chi connectivity index (χ3v) is 5.32. The summed E-state index contributed by atoms with van der Waals surface area (Å²) in [5.74, 6) is 2.34. The van der Waals surface area contributed by atoms with Crippen LogP contribution in [0, 0.1) is 6.92 Å². The lowest BCUT2D eigenvalue weighted by Gasteiger charge is -2.35. The second-order valence-corrected chi connectivity index (χ2v) is 7.17. The Morgan fingerprint density at radius 2 is 1.57 bits per heavy atom. The highest BCUT2D eigenvalue weighted by Gasteiger charge is 2.21. The van der Waals surface area contributed by atoms with E-state index in [4.69, 9.17) is 9.47 Å². The molecule has 1 aliphatic rings. The van der Waals surface area contributed by atoms with Crippen molar-refractivity contribution in [2.75, 3.05) is 45.3 Å². The van der Waals surface area contributed by atoms with E-state index in [9.17, 15) is 0 Å². The number of fused-ring (bicyclic) bond motifs is 1. The number of aromatic nitrogens is 2. The molecule has 0 N–H and O–H groups in total. The van der Waals surface area contributed by atoms with Crippen molar-refractivity contribution in [3.63, 3.8) is 0 Å². The van der Waals surface area contributed by atoms with Crippen molar-refractivity contribution >= 4 is 16.7 Å². The highest BCUT2D eigenvalue weighted by atomic mass is 16.5. The Bertz CT molecular complexity index is 951. The fourth-order valence-corrected chi connectivity index (χ4v) is 3.69. The minimum absolute atomic E-state index is 0.683. The molecule has 1 fully saturated rings. The van der Waals surface area contributed by atoms with Crippen molar-refractivity contribution in [2.24, 2.45) is 0 Å². The maximum atomic E-state index is 5.47. The van der Waals surface area contributed by atoms with E-state index in [1.807, 2.05) is 12.1 Å². The maximum absolute atomic E-state index is 5.47. The van der Waals surface area contributed by atoms with Crippen LogP contribution in [0.15, 0.2) is 42.7 Å². The summed E-state index contributed by atoms with van der Waals surface area (Å²) in [6.07, 6.45) is 1.63. The highest BCUT2D eigenvalue weighted by molar-refractivity contribution is 5.92. The van der Waals surface area contributed by atoms with Crippen molar-refractivity contribution in [2.45, 2.75) is 13.5 Å². The Balaban J connectivity index is 1.51. The molecule has 0 aliphatic carbocycles. The van der Waals surface area contributed by atoms with Crippen LogP contribution < -0.4 is 14.4 Å². The summed E-state index contributed by atoms with van der Waals surface area (Å²) < 4.78 is 10.9. The highest BCUT2D eigenvalue weighted by Crippen LogP contribution is 2.34. The van der Waals surface area contributed by atoms with E-state index in [1.54, 1.807) is 20.5 Å². The molecule has 1 aliphatic heterocycles. The molecule has 0 bridgehead atoms. The van der Waals surface area contributed by atoms with Gasteiger partial charge in [-0.3, -0.25) is 4.90 Å². The quantitative estimate of drug-likeness (QED) is 0.679. The summed E-state index contributed by atoms with van der Waals surface area (Å²) in [6, 6.07) is 12.7. The van der Waals surface area contributed by atoms with E-state index < -0.39 is 0 Å². The first-order chi connectivity index (χ1) is 13.7. The van der Waals surface area contributed by atoms with Crippen LogP contribution in [0.25, 0.3) is 10.9 Å². The Kier molecular flexibility index (Phi) is 5.30. The van der Waals surface area contributed by atoms with Gasteiger partial charge in [-0.15, -0.1) is 0 Å². The van der Waals surface area contributed by atoms with E-state index in [-0.39, 0.29) is 0 Å². The van der Waals surface area contributed by atoms with Crippen molar-refractivity contribution in [1.29, 1.82) is 0 Å². The largest absolute Gasteiger partial charge is 0.493 e. The lowest BCUT2D eigenvalue weighted by molar-refractivity contribution is 0.249. The minimum Gasteiger partial charge on any atom is -0.493 e. The number of ether oxygens (including phenoxy) is 2. The van der Waals surface area contributed by atoms with Crippen LogP contribution in [0.5, 0.6) is 11.5 Å². The van der Waals surface area contributed by atoms with Gasteiger partial charge in [-0.25, -0.2) is 9.97 Å². The Morgan fingerprint density at radius 1 is 0.893 bits per heavy atom. The third kappa shape index (κ3) is 3.73. The number of anilines is 1. The molecule has 0 spiro atoms. The normalized spacial score (nSPS) is 15.0. The minimum atomic E-state index is 0.683. The van der Waals surface area contributed by atoms with Crippen LogP contribution in [0.4, 0.5) is 5.82 Å². The molecule has 6 nitrogen and oxygen atoms in total. The molecular formula is C22H26N4O2. The van der Waals surface area contributed by atoms with Crippen LogP contribution in [-0.2, 0) is 6.54 Å². The van der Waals surface area contributed by atoms with Crippen LogP contribution >= 0.6 is 0 Å². The van der Waals surface area contributed by atoms with Gasteiger partial charge in [-0.05, 0) is 18.6 Å². The summed E-state index contributed by atoms with van der Waals surface area (Å²) >= 11 is 0. The van der Waals surface area contributed by atoms with E-state index in [2.05, 4.69) is 51.0 Å². The number of hydrogen-bond acceptors (Lipinski definition) is 6. The lowest BCUT2D eigenvalue weighted by atomic mass is 10.1. The molecule has 0 atom stereocenters. The molecule has 1 saturated heterocycles. The lowest BCUT2D eigenvalue weighted by Crippen LogP contribution is -2.46. The van der Waals surface area contributed by atoms with Gasteiger partial charge in [0.1, 0.15) is 12.1 Å². The molecule has 0 amide bonds. The zero-order valence-electron chi connectivity index (χ0n) is 16.7. The van der Waals surface area contributed by atoms with Crippen LogP contribution in [0.1, 0.15) is 11.1 Å². The SMILES string of the molecule is COc1cc2ncnc(N3CCN(Cc4ccc(C)cc4)CC3)c2cc1OC. The van der Waals surface area contributed by atoms with Gasteiger partial charge >= 0.3 is 0 Å². The molecule has 0 saturated carbocycles. The second kappa shape index (κ2) is 8.02. The van der Waals surface area contributed by atoms with Crippen LogP contribution in [0.3, 0.4) is 0 Å². The van der Waals surface area contributed by atoms with Crippen LogP contribution in [0.2, 0.25) is 0 Å². The molecule has 3 aromatic rings. The van der Waals surface area contributed by atoms with Crippen molar-refractivity contribution in [1.82, 2.24) is 14.9 Å². The number of hydrogen-bond donors (Lipinski definition) is 0. The fourth-order valence-electron chi connectivity index (χ4n) is 3.69. The molecule has 2 heterocycles. The summed E-state index contributed by atoms with van der Waals surface area (Å²) in [5.41, 5.74) is 3.53. The van der Waals surface area contributed by atoms with Crippen molar-refractivity contribution < 1.29 is 9.47 Å². The summed E-state index contributed by atoms with van der Waals surface area (Å²) in [5, 5.41) is 0.993. The number of piperazine rings is 1. The summed E-state index contributed by atoms with van der Waals surface area (Å²) in [6.45, 7) is 7.00. The second-order valence-electron chi connectivity index (χ2n) is 7.17. The van der Waals surface area contributed by atoms with E-state index in [1.165, 1.54) is 11.1 Å². The molecule has 0 unspecified atom stereocenters. The van der Waals surface area contributed by atoms with Gasteiger partial charge in [0.2, 0.25) is 0 Å². The molecule has 146 valence electrons. The monoisotopic (exact) mass is 378 g/mol. The molecule has 2 aromatic carbocycles. The summed E-state index contributed by atoms with van der Waals surface area (Å²) in [7, 11) is 3.29. The van der Waals surface area contributed by atoms with Crippen molar-refractivity contribution in [3.8, 4) is 11.5 Å². The molecule has 0 radical (unpaired) electrons. The van der Waals surface area contributed by atoms with Crippen LogP contribution in [-0.4, -0.2) is 55.3 Å². The number of benzene rings is 2. The number of nitrogens with zero attached hydrogens (tertiary/aromatic N) is 4. The standard InChI is InChI=1S/C22H26N4O2/c1-16-4-6-17(7-5-16)14-25-8-10-26(11-9-25)22-18-12-20(27-2)21(28-3)13-19(18)23-15-24-22/h4-7,12-13,15H,8-11,14H2,1-3H3. The van der Waals surface area contributed by atoms with Gasteiger partial charge < -0.3 is 14.4 Å².